The van der Waals surface area contributed by atoms with Crippen molar-refractivity contribution < 1.29 is 14.3 Å². The number of aromatic nitrogens is 1. The Kier molecular flexibility index (Phi) is 4.69. The molecule has 0 aliphatic carbocycles. The summed E-state index contributed by atoms with van der Waals surface area (Å²) in [5, 5.41) is 0. The first-order valence-corrected chi connectivity index (χ1v) is 9.76. The molecule has 140 valence electrons. The van der Waals surface area contributed by atoms with Crippen LogP contribution in [-0.4, -0.2) is 64.5 Å². The Hall–Kier alpha value is -1.95. The van der Waals surface area contributed by atoms with Gasteiger partial charge in [0.1, 0.15) is 11.8 Å². The molecule has 1 spiro atoms. The molecule has 3 aliphatic rings. The summed E-state index contributed by atoms with van der Waals surface area (Å²) in [7, 11) is 0. The fraction of sp³-hybridized carbons (Fsp3) is 0.650. The van der Waals surface area contributed by atoms with Crippen molar-refractivity contribution in [2.24, 2.45) is 0 Å². The molecule has 26 heavy (non-hydrogen) atoms. The van der Waals surface area contributed by atoms with E-state index in [-0.39, 0.29) is 23.5 Å². The van der Waals surface area contributed by atoms with Crippen LogP contribution in [0.5, 0.6) is 0 Å². The standard InChI is InChI=1S/C20H27N3O3/c1-15-5-4-6-16(21-15)18(24)23-13-9-20(10-14-23)8-7-17(26-20)19(25)22-11-2-3-12-22/h4-6,17H,2-3,7-14H2,1H3. The third kappa shape index (κ3) is 3.34. The van der Waals surface area contributed by atoms with E-state index in [0.717, 1.165) is 57.3 Å². The van der Waals surface area contributed by atoms with E-state index in [0.29, 0.717) is 18.8 Å². The molecule has 0 bridgehead atoms. The molecule has 6 heteroatoms. The normalized spacial score (nSPS) is 25.0. The monoisotopic (exact) mass is 357 g/mol. The maximum Gasteiger partial charge on any atom is 0.272 e. The SMILES string of the molecule is Cc1cccc(C(=O)N2CCC3(CCC(C(=O)N4CCCC4)O3)CC2)n1. The summed E-state index contributed by atoms with van der Waals surface area (Å²) < 4.78 is 6.27. The molecular formula is C20H27N3O3. The molecule has 4 heterocycles. The predicted octanol–water partition coefficient (Wildman–Crippen LogP) is 2.17. The zero-order valence-electron chi connectivity index (χ0n) is 15.4. The van der Waals surface area contributed by atoms with Crippen molar-refractivity contribution in [3.63, 3.8) is 0 Å². The highest BCUT2D eigenvalue weighted by Gasteiger charge is 2.46. The van der Waals surface area contributed by atoms with E-state index < -0.39 is 0 Å². The number of ether oxygens (including phenoxy) is 1. The molecule has 2 amide bonds. The van der Waals surface area contributed by atoms with E-state index >= 15 is 0 Å². The summed E-state index contributed by atoms with van der Waals surface area (Å²) in [5.41, 5.74) is 1.14. The molecule has 1 aromatic rings. The van der Waals surface area contributed by atoms with Gasteiger partial charge < -0.3 is 14.5 Å². The number of hydrogen-bond donors (Lipinski definition) is 0. The van der Waals surface area contributed by atoms with Crippen LogP contribution in [0.25, 0.3) is 0 Å². The van der Waals surface area contributed by atoms with E-state index in [4.69, 9.17) is 4.74 Å². The van der Waals surface area contributed by atoms with Gasteiger partial charge in [-0.15, -0.1) is 0 Å². The third-order valence-electron chi connectivity index (χ3n) is 6.02. The van der Waals surface area contributed by atoms with Crippen LogP contribution in [-0.2, 0) is 9.53 Å². The first-order chi connectivity index (χ1) is 12.6. The van der Waals surface area contributed by atoms with Crippen LogP contribution in [0.15, 0.2) is 18.2 Å². The molecule has 0 aromatic carbocycles. The zero-order chi connectivity index (χ0) is 18.1. The number of nitrogens with zero attached hydrogens (tertiary/aromatic N) is 3. The lowest BCUT2D eigenvalue weighted by atomic mass is 9.88. The van der Waals surface area contributed by atoms with E-state index in [1.165, 1.54) is 0 Å². The summed E-state index contributed by atoms with van der Waals surface area (Å²) in [6.07, 6.45) is 5.25. The third-order valence-corrected chi connectivity index (χ3v) is 6.02. The van der Waals surface area contributed by atoms with Crippen LogP contribution < -0.4 is 0 Å². The predicted molar refractivity (Wildman–Crippen MR) is 96.8 cm³/mol. The maximum absolute atomic E-state index is 12.7. The van der Waals surface area contributed by atoms with E-state index in [1.54, 1.807) is 6.07 Å². The number of carbonyl (C=O) groups is 2. The summed E-state index contributed by atoms with van der Waals surface area (Å²) >= 11 is 0. The van der Waals surface area contributed by atoms with Crippen molar-refractivity contribution in [3.05, 3.63) is 29.6 Å². The molecule has 4 rings (SSSR count). The zero-order valence-corrected chi connectivity index (χ0v) is 15.4. The van der Waals surface area contributed by atoms with Crippen molar-refractivity contribution in [3.8, 4) is 0 Å². The number of amides is 2. The number of carbonyl (C=O) groups excluding carboxylic acids is 2. The van der Waals surface area contributed by atoms with Gasteiger partial charge in [-0.05, 0) is 57.6 Å². The second-order valence-electron chi connectivity index (χ2n) is 7.82. The van der Waals surface area contributed by atoms with Crippen molar-refractivity contribution in [1.29, 1.82) is 0 Å². The Labute approximate surface area is 154 Å². The number of likely N-dealkylation sites (tertiary alicyclic amines) is 2. The first-order valence-electron chi connectivity index (χ1n) is 9.76. The summed E-state index contributed by atoms with van der Waals surface area (Å²) in [4.78, 5) is 33.4. The van der Waals surface area contributed by atoms with Crippen molar-refractivity contribution in [1.82, 2.24) is 14.8 Å². The molecule has 6 nitrogen and oxygen atoms in total. The highest BCUT2D eigenvalue weighted by atomic mass is 16.5. The van der Waals surface area contributed by atoms with Gasteiger partial charge in [0.25, 0.3) is 11.8 Å². The van der Waals surface area contributed by atoms with E-state index in [1.807, 2.05) is 28.9 Å². The molecule has 3 fully saturated rings. The quantitative estimate of drug-likeness (QED) is 0.814. The van der Waals surface area contributed by atoms with Gasteiger partial charge in [0.15, 0.2) is 0 Å². The van der Waals surface area contributed by atoms with Crippen LogP contribution in [0.1, 0.15) is 54.7 Å². The number of hydrogen-bond acceptors (Lipinski definition) is 4. The largest absolute Gasteiger partial charge is 0.362 e. The van der Waals surface area contributed by atoms with Gasteiger partial charge in [-0.2, -0.15) is 0 Å². The van der Waals surface area contributed by atoms with Crippen LogP contribution in [0, 0.1) is 6.92 Å². The van der Waals surface area contributed by atoms with Gasteiger partial charge >= 0.3 is 0 Å². The van der Waals surface area contributed by atoms with Crippen LogP contribution in [0.2, 0.25) is 0 Å². The lowest BCUT2D eigenvalue weighted by Gasteiger charge is -2.39. The van der Waals surface area contributed by atoms with Crippen molar-refractivity contribution in [2.45, 2.75) is 57.2 Å². The molecule has 0 saturated carbocycles. The topological polar surface area (TPSA) is 62.7 Å². The fourth-order valence-corrected chi connectivity index (χ4v) is 4.44. The average molecular weight is 357 g/mol. The van der Waals surface area contributed by atoms with Gasteiger partial charge in [-0.3, -0.25) is 9.59 Å². The second kappa shape index (κ2) is 6.99. The van der Waals surface area contributed by atoms with Crippen LogP contribution in [0.3, 0.4) is 0 Å². The van der Waals surface area contributed by atoms with E-state index in [9.17, 15) is 9.59 Å². The molecule has 3 saturated heterocycles. The van der Waals surface area contributed by atoms with Crippen molar-refractivity contribution >= 4 is 11.8 Å². The number of aryl methyl sites for hydroxylation is 1. The molecule has 1 atom stereocenters. The van der Waals surface area contributed by atoms with Gasteiger partial charge in [-0.25, -0.2) is 4.98 Å². The average Bonchev–Trinajstić information content (AvgIpc) is 3.32. The highest BCUT2D eigenvalue weighted by molar-refractivity contribution is 5.92. The minimum absolute atomic E-state index is 0.00811. The molecule has 1 unspecified atom stereocenters. The Morgan fingerprint density at radius 2 is 1.81 bits per heavy atom. The Balaban J connectivity index is 1.34. The lowest BCUT2D eigenvalue weighted by Crippen LogP contribution is -2.48. The summed E-state index contributed by atoms with van der Waals surface area (Å²) in [5.74, 6) is 0.160. The molecule has 3 aliphatic heterocycles. The highest BCUT2D eigenvalue weighted by Crippen LogP contribution is 2.39. The molecule has 1 aromatic heterocycles. The summed E-state index contributed by atoms with van der Waals surface area (Å²) in [6.45, 7) is 4.97. The Morgan fingerprint density at radius 1 is 1.08 bits per heavy atom. The maximum atomic E-state index is 12.7. The van der Waals surface area contributed by atoms with Gasteiger partial charge in [-0.1, -0.05) is 6.07 Å². The Morgan fingerprint density at radius 3 is 2.50 bits per heavy atom. The number of pyridine rings is 1. The van der Waals surface area contributed by atoms with Gasteiger partial charge in [0.05, 0.1) is 5.60 Å². The smallest absolute Gasteiger partial charge is 0.272 e. The minimum Gasteiger partial charge on any atom is -0.362 e. The van der Waals surface area contributed by atoms with Crippen LogP contribution in [0.4, 0.5) is 0 Å². The van der Waals surface area contributed by atoms with Crippen LogP contribution >= 0.6 is 0 Å². The fourth-order valence-electron chi connectivity index (χ4n) is 4.44. The summed E-state index contributed by atoms with van der Waals surface area (Å²) in [6, 6.07) is 5.54. The van der Waals surface area contributed by atoms with Gasteiger partial charge in [0, 0.05) is 31.9 Å². The molecular weight excluding hydrogens is 330 g/mol. The first kappa shape index (κ1) is 17.5. The van der Waals surface area contributed by atoms with Gasteiger partial charge in [0.2, 0.25) is 0 Å². The lowest BCUT2D eigenvalue weighted by molar-refractivity contribution is -0.149. The van der Waals surface area contributed by atoms with Crippen molar-refractivity contribution in [2.75, 3.05) is 26.2 Å². The minimum atomic E-state index is -0.284. The number of piperidine rings is 1. The van der Waals surface area contributed by atoms with E-state index in [2.05, 4.69) is 4.98 Å². The molecule has 0 radical (unpaired) electrons. The molecule has 0 N–H and O–H groups in total. The Bertz CT molecular complexity index is 691. The second-order valence-corrected chi connectivity index (χ2v) is 7.82. The number of rotatable bonds is 2.